The van der Waals surface area contributed by atoms with Crippen molar-refractivity contribution >= 4 is 32.6 Å². The Morgan fingerprint density at radius 3 is 2.88 bits per heavy atom. The van der Waals surface area contributed by atoms with Crippen molar-refractivity contribution in [3.05, 3.63) is 42.0 Å². The third-order valence-corrected chi connectivity index (χ3v) is 5.00. The van der Waals surface area contributed by atoms with Gasteiger partial charge in [0.1, 0.15) is 6.17 Å². The van der Waals surface area contributed by atoms with Crippen molar-refractivity contribution in [2.75, 3.05) is 5.32 Å². The Morgan fingerprint density at radius 1 is 1.38 bits per heavy atom. The topological polar surface area (TPSA) is 54.9 Å². The number of benzene rings is 1. The molecule has 1 aliphatic rings. The molecule has 2 atom stereocenters. The van der Waals surface area contributed by atoms with Gasteiger partial charge in [0.25, 0.3) is 0 Å². The number of hydrogen-bond acceptors (Lipinski definition) is 4. The third-order valence-electron chi connectivity index (χ3n) is 4.07. The number of anilines is 1. The van der Waals surface area contributed by atoms with Gasteiger partial charge in [-0.3, -0.25) is 4.79 Å². The molecule has 2 heterocycles. The maximum atomic E-state index is 14.0. The average molecular weight is 345 g/mol. The van der Waals surface area contributed by atoms with E-state index in [0.717, 1.165) is 10.3 Å². The number of nitrogens with zero attached hydrogens (tertiary/aromatic N) is 2. The molecular weight excluding hydrogens is 332 g/mol. The largest absolute Gasteiger partial charge is 0.302 e. The van der Waals surface area contributed by atoms with Crippen LogP contribution in [0.1, 0.15) is 12.0 Å². The highest BCUT2D eigenvalue weighted by atomic mass is 32.1. The molecule has 1 amide bonds. The number of carbonyl (C=O) groups excluding carboxylic acids is 1. The van der Waals surface area contributed by atoms with Crippen LogP contribution >= 0.6 is 11.3 Å². The van der Waals surface area contributed by atoms with E-state index in [9.17, 15) is 13.6 Å². The van der Waals surface area contributed by atoms with Crippen LogP contribution in [0.15, 0.2) is 30.5 Å². The van der Waals surface area contributed by atoms with Crippen molar-refractivity contribution in [3.63, 3.8) is 0 Å². The monoisotopic (exact) mass is 345 g/mol. The molecule has 0 radical (unpaired) electrons. The molecule has 1 aliphatic carbocycles. The first-order chi connectivity index (χ1) is 11.5. The molecule has 1 saturated carbocycles. The zero-order valence-corrected chi connectivity index (χ0v) is 13.5. The summed E-state index contributed by atoms with van der Waals surface area (Å²) in [7, 11) is 0. The molecule has 3 aromatic rings. The Morgan fingerprint density at radius 2 is 2.17 bits per heavy atom. The Bertz CT molecular complexity index is 936. The maximum Gasteiger partial charge on any atom is 0.232 e. The molecule has 4 rings (SSSR count). The highest BCUT2D eigenvalue weighted by molar-refractivity contribution is 7.22. The minimum Gasteiger partial charge on any atom is -0.302 e. The predicted molar refractivity (Wildman–Crippen MR) is 89.2 cm³/mol. The Labute approximate surface area is 140 Å². The lowest BCUT2D eigenvalue weighted by atomic mass is 10.0. The van der Waals surface area contributed by atoms with Gasteiger partial charge in [-0.15, -0.1) is 0 Å². The van der Waals surface area contributed by atoms with Gasteiger partial charge in [-0.25, -0.2) is 14.4 Å². The zero-order chi connectivity index (χ0) is 16.8. The Balaban J connectivity index is 1.67. The number of nitrogens with one attached hydrogen (secondary N) is 1. The van der Waals surface area contributed by atoms with Gasteiger partial charge >= 0.3 is 0 Å². The summed E-state index contributed by atoms with van der Waals surface area (Å²) in [6.07, 6.45) is 0.672. The van der Waals surface area contributed by atoms with E-state index in [2.05, 4.69) is 15.3 Å². The van der Waals surface area contributed by atoms with Crippen LogP contribution in [-0.4, -0.2) is 22.0 Å². The lowest BCUT2D eigenvalue weighted by Gasteiger charge is -2.06. The molecule has 122 valence electrons. The molecule has 0 unspecified atom stereocenters. The number of aryl methyl sites for hydroxylation is 1. The fourth-order valence-electron chi connectivity index (χ4n) is 2.64. The molecule has 0 saturated heterocycles. The lowest BCUT2D eigenvalue weighted by molar-refractivity contribution is -0.117. The number of aromatic nitrogens is 2. The molecule has 1 aromatic carbocycles. The summed E-state index contributed by atoms with van der Waals surface area (Å²) in [5.41, 5.74) is 2.66. The maximum absolute atomic E-state index is 14.0. The first-order valence-electron chi connectivity index (χ1n) is 7.50. The van der Waals surface area contributed by atoms with Crippen LogP contribution in [0.5, 0.6) is 0 Å². The second-order valence-electron chi connectivity index (χ2n) is 5.84. The molecule has 0 bridgehead atoms. The molecular formula is C17H13F2N3OS. The second kappa shape index (κ2) is 5.59. The summed E-state index contributed by atoms with van der Waals surface area (Å²) in [4.78, 5) is 19.8. The number of fused-ring (bicyclic) bond motifs is 1. The Kier molecular flexibility index (Phi) is 3.53. The molecule has 1 fully saturated rings. The van der Waals surface area contributed by atoms with Gasteiger partial charge < -0.3 is 5.32 Å². The number of alkyl halides is 1. The number of amides is 1. The number of rotatable bonds is 3. The lowest BCUT2D eigenvalue weighted by Crippen LogP contribution is -2.14. The Hall–Kier alpha value is -2.41. The van der Waals surface area contributed by atoms with Crippen molar-refractivity contribution in [2.45, 2.75) is 19.5 Å². The highest BCUT2D eigenvalue weighted by Crippen LogP contribution is 2.36. The van der Waals surface area contributed by atoms with Gasteiger partial charge in [-0.1, -0.05) is 17.4 Å². The van der Waals surface area contributed by atoms with Crippen LogP contribution in [-0.2, 0) is 4.79 Å². The molecule has 1 N–H and O–H groups in total. The molecule has 24 heavy (non-hydrogen) atoms. The smallest absolute Gasteiger partial charge is 0.232 e. The highest BCUT2D eigenvalue weighted by Gasteiger charge is 2.43. The van der Waals surface area contributed by atoms with E-state index in [1.165, 1.54) is 17.5 Å². The van der Waals surface area contributed by atoms with E-state index in [4.69, 9.17) is 0 Å². The van der Waals surface area contributed by atoms with E-state index in [-0.39, 0.29) is 12.3 Å². The van der Waals surface area contributed by atoms with Crippen molar-refractivity contribution in [1.29, 1.82) is 0 Å². The standard InChI is InChI=1S/C17H13F2N3OS/c1-8-4-5-20-15(19)14(8)9-2-3-12-13(6-9)24-17(21-12)22-16(23)10-7-11(10)18/h2-6,10-11H,7H2,1H3,(H,21,22,23)/t10-,11+/m1/s1. The van der Waals surface area contributed by atoms with Gasteiger partial charge in [0.2, 0.25) is 11.9 Å². The van der Waals surface area contributed by atoms with Crippen molar-refractivity contribution in [1.82, 2.24) is 9.97 Å². The normalized spacial score (nSPS) is 19.5. The van der Waals surface area contributed by atoms with Crippen LogP contribution in [0.3, 0.4) is 0 Å². The summed E-state index contributed by atoms with van der Waals surface area (Å²) < 4.78 is 27.8. The van der Waals surface area contributed by atoms with Gasteiger partial charge in [-0.2, -0.15) is 4.39 Å². The average Bonchev–Trinajstić information content (AvgIpc) is 3.13. The van der Waals surface area contributed by atoms with Crippen molar-refractivity contribution in [3.8, 4) is 11.1 Å². The molecule has 0 spiro atoms. The quantitative estimate of drug-likeness (QED) is 0.727. The summed E-state index contributed by atoms with van der Waals surface area (Å²) in [6, 6.07) is 7.13. The fraction of sp³-hybridized carbons (Fsp3) is 0.235. The van der Waals surface area contributed by atoms with Gasteiger partial charge in [0, 0.05) is 11.8 Å². The number of thiazole rings is 1. The van der Waals surface area contributed by atoms with Crippen LogP contribution in [0.4, 0.5) is 13.9 Å². The van der Waals surface area contributed by atoms with Crippen LogP contribution in [0.2, 0.25) is 0 Å². The van der Waals surface area contributed by atoms with Gasteiger partial charge in [0.15, 0.2) is 5.13 Å². The first kappa shape index (κ1) is 15.1. The molecule has 0 aliphatic heterocycles. The van der Waals surface area contributed by atoms with E-state index in [1.54, 1.807) is 18.2 Å². The van der Waals surface area contributed by atoms with Crippen LogP contribution in [0.25, 0.3) is 21.3 Å². The number of carbonyl (C=O) groups is 1. The van der Waals surface area contributed by atoms with E-state index < -0.39 is 18.0 Å². The molecule has 2 aromatic heterocycles. The van der Waals surface area contributed by atoms with E-state index in [1.807, 2.05) is 13.0 Å². The van der Waals surface area contributed by atoms with Crippen molar-refractivity contribution < 1.29 is 13.6 Å². The summed E-state index contributed by atoms with van der Waals surface area (Å²) in [6.45, 7) is 1.83. The van der Waals surface area contributed by atoms with Crippen molar-refractivity contribution in [2.24, 2.45) is 5.92 Å². The second-order valence-corrected chi connectivity index (χ2v) is 6.87. The predicted octanol–water partition coefficient (Wildman–Crippen LogP) is 4.10. The summed E-state index contributed by atoms with van der Waals surface area (Å²) >= 11 is 1.28. The summed E-state index contributed by atoms with van der Waals surface area (Å²) in [5, 5.41) is 3.07. The third kappa shape index (κ3) is 2.65. The van der Waals surface area contributed by atoms with Crippen LogP contribution in [0, 0.1) is 18.8 Å². The van der Waals surface area contributed by atoms with Gasteiger partial charge in [0.05, 0.1) is 16.1 Å². The SMILES string of the molecule is Cc1ccnc(F)c1-c1ccc2nc(NC(=O)[C@@H]3C[C@@H]3F)sc2c1. The minimum atomic E-state index is -1.04. The first-order valence-corrected chi connectivity index (χ1v) is 8.31. The molecule has 4 nitrogen and oxygen atoms in total. The summed E-state index contributed by atoms with van der Waals surface area (Å²) in [5.74, 6) is -1.41. The van der Waals surface area contributed by atoms with E-state index >= 15 is 0 Å². The molecule has 7 heteroatoms. The number of halogens is 2. The minimum absolute atomic E-state index is 0.278. The zero-order valence-electron chi connectivity index (χ0n) is 12.7. The number of hydrogen-bond donors (Lipinski definition) is 1. The number of pyridine rings is 1. The fourth-order valence-corrected chi connectivity index (χ4v) is 3.55. The van der Waals surface area contributed by atoms with E-state index in [0.29, 0.717) is 21.8 Å². The van der Waals surface area contributed by atoms with Gasteiger partial charge in [-0.05, 0) is 42.7 Å². The van der Waals surface area contributed by atoms with Crippen LogP contribution < -0.4 is 5.32 Å².